The van der Waals surface area contributed by atoms with Crippen LogP contribution in [0.4, 0.5) is 4.79 Å². The van der Waals surface area contributed by atoms with Crippen molar-refractivity contribution in [2.45, 2.75) is 91.1 Å². The van der Waals surface area contributed by atoms with Crippen molar-refractivity contribution in [3.63, 3.8) is 0 Å². The summed E-state index contributed by atoms with van der Waals surface area (Å²) in [6.45, 7) is 10.3. The Morgan fingerprint density at radius 1 is 0.846 bits per heavy atom. The first-order valence-electron chi connectivity index (χ1n) is 18.5. The highest BCUT2D eigenvalue weighted by atomic mass is 16.5. The number of carbonyl (C=O) groups is 3. The van der Waals surface area contributed by atoms with Crippen molar-refractivity contribution in [2.75, 3.05) is 20.2 Å². The zero-order valence-electron chi connectivity index (χ0n) is 30.7. The van der Waals surface area contributed by atoms with Crippen LogP contribution < -0.4 is 5.32 Å². The van der Waals surface area contributed by atoms with E-state index in [0.29, 0.717) is 32.1 Å². The molecular formula is C40H49N7O5. The Bertz CT molecular complexity index is 1950. The van der Waals surface area contributed by atoms with Crippen molar-refractivity contribution in [1.29, 1.82) is 0 Å². The van der Waals surface area contributed by atoms with E-state index in [1.165, 1.54) is 7.11 Å². The Morgan fingerprint density at radius 2 is 1.38 bits per heavy atom. The number of methoxy groups -OCH3 is 1. The molecule has 5 heterocycles. The fraction of sp³-hybridized carbons (Fsp3) is 0.475. The zero-order chi connectivity index (χ0) is 36.5. The molecule has 2 aromatic heterocycles. The summed E-state index contributed by atoms with van der Waals surface area (Å²) in [5.41, 5.74) is 8.27. The second-order valence-corrected chi connectivity index (χ2v) is 15.0. The predicted molar refractivity (Wildman–Crippen MR) is 197 cm³/mol. The molecule has 2 aromatic carbocycles. The van der Waals surface area contributed by atoms with Crippen LogP contribution in [0.25, 0.3) is 33.6 Å². The summed E-state index contributed by atoms with van der Waals surface area (Å²) in [6.07, 6.45) is 7.18. The van der Waals surface area contributed by atoms with Gasteiger partial charge in [-0.25, -0.2) is 14.8 Å². The Labute approximate surface area is 304 Å². The van der Waals surface area contributed by atoms with Gasteiger partial charge in [-0.05, 0) is 83.0 Å². The number of nitrogens with zero attached hydrogens (tertiary/aromatic N) is 4. The van der Waals surface area contributed by atoms with Gasteiger partial charge in [-0.1, -0.05) is 52.0 Å². The molecule has 3 aliphatic heterocycles. The third-order valence-electron chi connectivity index (χ3n) is 10.5. The van der Waals surface area contributed by atoms with E-state index in [1.54, 1.807) is 0 Å². The number of alkyl carbamates (subject to hydrolysis) is 1. The number of hydrogen-bond acceptors (Lipinski definition) is 7. The summed E-state index contributed by atoms with van der Waals surface area (Å²) in [4.78, 5) is 58.8. The largest absolute Gasteiger partial charge is 0.453 e. The van der Waals surface area contributed by atoms with Crippen LogP contribution in [0.1, 0.15) is 94.7 Å². The standard InChI is InChI=1S/C40H49N7O5/c1-23(2)16-35(48)46-14-6-8-33(46)37-41-19-31(43-37)25-10-12-29-27(17-25)21-52-22-28-18-26(11-13-30(28)29)32-20-42-38(44-32)34-9-7-15-47(34)39(49)36(24(3)4)45-40(50)51-5/h10-13,17-20,23-24,33-34,36H,6-9,14-16,21-22H2,1-5H3,(H,41,43)(H,42,44)(H,45,50). The number of likely N-dealkylation sites (tertiary alicyclic amines) is 2. The van der Waals surface area contributed by atoms with Crippen molar-refractivity contribution in [3.8, 4) is 33.6 Å². The zero-order valence-corrected chi connectivity index (χ0v) is 30.7. The highest BCUT2D eigenvalue weighted by Crippen LogP contribution is 2.38. The molecule has 3 aliphatic rings. The summed E-state index contributed by atoms with van der Waals surface area (Å²) in [5.74, 6) is 1.87. The van der Waals surface area contributed by atoms with Crippen LogP contribution in [0.5, 0.6) is 0 Å². The lowest BCUT2D eigenvalue weighted by molar-refractivity contribution is -0.135. The molecule has 3 N–H and O–H groups in total. The lowest BCUT2D eigenvalue weighted by atomic mass is 9.93. The summed E-state index contributed by atoms with van der Waals surface area (Å²) in [5, 5.41) is 2.71. The maximum Gasteiger partial charge on any atom is 0.407 e. The van der Waals surface area contributed by atoms with Crippen molar-refractivity contribution >= 4 is 17.9 Å². The van der Waals surface area contributed by atoms with E-state index in [2.05, 4.69) is 65.5 Å². The van der Waals surface area contributed by atoms with Crippen LogP contribution in [0, 0.1) is 11.8 Å². The van der Waals surface area contributed by atoms with Crippen LogP contribution in [0.3, 0.4) is 0 Å². The van der Waals surface area contributed by atoms with E-state index < -0.39 is 12.1 Å². The second-order valence-electron chi connectivity index (χ2n) is 15.0. The van der Waals surface area contributed by atoms with Crippen molar-refractivity contribution in [3.05, 3.63) is 71.6 Å². The second kappa shape index (κ2) is 14.9. The number of hydrogen-bond donors (Lipinski definition) is 3. The smallest absolute Gasteiger partial charge is 0.407 e. The molecule has 12 heteroatoms. The third-order valence-corrected chi connectivity index (χ3v) is 10.5. The van der Waals surface area contributed by atoms with Gasteiger partial charge in [0.05, 0.1) is 56.2 Å². The third kappa shape index (κ3) is 7.08. The Kier molecular flexibility index (Phi) is 10.2. The van der Waals surface area contributed by atoms with Gasteiger partial charge in [0.15, 0.2) is 0 Å². The van der Waals surface area contributed by atoms with Gasteiger partial charge in [-0.3, -0.25) is 9.59 Å². The van der Waals surface area contributed by atoms with Gasteiger partial charge in [-0.15, -0.1) is 0 Å². The number of carbonyl (C=O) groups excluding carboxylic acids is 3. The van der Waals surface area contributed by atoms with E-state index in [4.69, 9.17) is 19.4 Å². The number of benzene rings is 2. The highest BCUT2D eigenvalue weighted by Gasteiger charge is 2.38. The van der Waals surface area contributed by atoms with Gasteiger partial charge in [0, 0.05) is 19.5 Å². The summed E-state index contributed by atoms with van der Waals surface area (Å²) in [7, 11) is 1.30. The van der Waals surface area contributed by atoms with Crippen molar-refractivity contribution in [1.82, 2.24) is 35.1 Å². The molecule has 12 nitrogen and oxygen atoms in total. The first kappa shape index (κ1) is 35.4. The first-order chi connectivity index (χ1) is 25.1. The van der Waals surface area contributed by atoms with Gasteiger partial charge in [-0.2, -0.15) is 0 Å². The van der Waals surface area contributed by atoms with E-state index in [9.17, 15) is 14.4 Å². The maximum absolute atomic E-state index is 13.6. The van der Waals surface area contributed by atoms with E-state index in [-0.39, 0.29) is 29.8 Å². The molecule has 7 rings (SSSR count). The van der Waals surface area contributed by atoms with E-state index >= 15 is 0 Å². The normalized spacial score (nSPS) is 19.1. The molecule has 0 aliphatic carbocycles. The van der Waals surface area contributed by atoms with E-state index in [0.717, 1.165) is 88.6 Å². The molecule has 0 spiro atoms. The van der Waals surface area contributed by atoms with Gasteiger partial charge in [0.1, 0.15) is 17.7 Å². The minimum Gasteiger partial charge on any atom is -0.453 e. The molecule has 2 fully saturated rings. The maximum atomic E-state index is 13.6. The van der Waals surface area contributed by atoms with Crippen LogP contribution in [0.15, 0.2) is 48.8 Å². The Morgan fingerprint density at radius 3 is 1.90 bits per heavy atom. The average molecular weight is 708 g/mol. The fourth-order valence-electron chi connectivity index (χ4n) is 7.87. The lowest BCUT2D eigenvalue weighted by Gasteiger charge is -2.30. The van der Waals surface area contributed by atoms with Gasteiger partial charge < -0.3 is 34.6 Å². The molecule has 3 amide bonds. The molecule has 274 valence electrons. The summed E-state index contributed by atoms with van der Waals surface area (Å²) < 4.78 is 11.0. The molecule has 0 bridgehead atoms. The number of aromatic amines is 2. The number of aromatic nitrogens is 4. The Hall–Kier alpha value is -4.97. The molecule has 4 aromatic rings. The van der Waals surface area contributed by atoms with Crippen LogP contribution in [0.2, 0.25) is 0 Å². The molecule has 3 atom stereocenters. The average Bonchev–Trinajstić information content (AvgIpc) is 3.95. The molecule has 0 saturated carbocycles. The number of fused-ring (bicyclic) bond motifs is 3. The first-order valence-corrected chi connectivity index (χ1v) is 18.5. The number of imidazole rings is 2. The number of rotatable bonds is 9. The predicted octanol–water partition coefficient (Wildman–Crippen LogP) is 6.92. The van der Waals surface area contributed by atoms with Crippen LogP contribution in [-0.4, -0.2) is 73.9 Å². The number of amides is 3. The topological polar surface area (TPSA) is 146 Å². The van der Waals surface area contributed by atoms with Crippen LogP contribution in [-0.2, 0) is 32.3 Å². The monoisotopic (exact) mass is 707 g/mol. The van der Waals surface area contributed by atoms with Crippen molar-refractivity contribution in [2.24, 2.45) is 11.8 Å². The molecule has 2 saturated heterocycles. The molecule has 3 unspecified atom stereocenters. The van der Waals surface area contributed by atoms with Gasteiger partial charge in [0.25, 0.3) is 0 Å². The minimum atomic E-state index is -0.683. The minimum absolute atomic E-state index is 0.0108. The lowest BCUT2D eigenvalue weighted by Crippen LogP contribution is -2.51. The number of ether oxygens (including phenoxy) is 2. The van der Waals surface area contributed by atoms with Crippen LogP contribution >= 0.6 is 0 Å². The molecular weight excluding hydrogens is 658 g/mol. The Balaban J connectivity index is 1.08. The SMILES string of the molecule is COC(=O)NC(C(=O)N1CCCC1c1ncc(-c2ccc3c(c2)COCc2cc(-c4cnc(C5CCCN5C(=O)CC(C)C)[nH]4)ccc2-3)[nH]1)C(C)C. The number of nitrogens with one attached hydrogen (secondary N) is 3. The van der Waals surface area contributed by atoms with Crippen molar-refractivity contribution < 1.29 is 23.9 Å². The van der Waals surface area contributed by atoms with Gasteiger partial charge >= 0.3 is 6.09 Å². The fourth-order valence-corrected chi connectivity index (χ4v) is 7.87. The van der Waals surface area contributed by atoms with E-state index in [1.807, 2.05) is 36.0 Å². The highest BCUT2D eigenvalue weighted by molar-refractivity contribution is 5.86. The number of H-pyrrole nitrogens is 2. The molecule has 0 radical (unpaired) electrons. The summed E-state index contributed by atoms with van der Waals surface area (Å²) >= 11 is 0. The van der Waals surface area contributed by atoms with Gasteiger partial charge in [0.2, 0.25) is 11.8 Å². The summed E-state index contributed by atoms with van der Waals surface area (Å²) in [6, 6.07) is 11.9. The quantitative estimate of drug-likeness (QED) is 0.171. The molecule has 52 heavy (non-hydrogen) atoms.